The van der Waals surface area contributed by atoms with E-state index in [0.717, 1.165) is 35.5 Å². The molecule has 0 saturated carbocycles. The minimum absolute atomic E-state index is 0.142. The van der Waals surface area contributed by atoms with Gasteiger partial charge in [0.1, 0.15) is 17.2 Å². The third-order valence-electron chi connectivity index (χ3n) is 3.07. The number of aromatic nitrogens is 1. The number of carboxylic acids is 1. The summed E-state index contributed by atoms with van der Waals surface area (Å²) in [6, 6.07) is 6.78. The Bertz CT molecular complexity index is 656. The number of carbonyl (C=O) groups is 1. The molecule has 1 heterocycles. The van der Waals surface area contributed by atoms with Crippen LogP contribution in [0.4, 0.5) is 15.9 Å². The highest BCUT2D eigenvalue weighted by Gasteiger charge is 2.15. The van der Waals surface area contributed by atoms with Gasteiger partial charge in [0.05, 0.1) is 6.20 Å². The maximum atomic E-state index is 13.1. The smallest absolute Gasteiger partial charge is 0.339 e. The first-order valence-electron chi connectivity index (χ1n) is 6.27. The normalized spacial score (nSPS) is 10.3. The fourth-order valence-corrected chi connectivity index (χ4v) is 2.02. The van der Waals surface area contributed by atoms with Crippen LogP contribution in [0.15, 0.2) is 30.5 Å². The molecule has 4 nitrogen and oxygen atoms in total. The van der Waals surface area contributed by atoms with Crippen molar-refractivity contribution in [3.05, 3.63) is 53.0 Å². The standard InChI is InChI=1S/C15H15FN2O2/c1-3-10-6-4-5-9(2)13(10)18-14-12(15(19)20)7-11(16)8-17-14/h4-8H,3H2,1-2H3,(H,17,18)(H,19,20). The molecule has 0 unspecified atom stereocenters. The lowest BCUT2D eigenvalue weighted by atomic mass is 10.1. The van der Waals surface area contributed by atoms with Crippen LogP contribution < -0.4 is 5.32 Å². The molecule has 0 bridgehead atoms. The number of anilines is 2. The van der Waals surface area contributed by atoms with Crippen molar-refractivity contribution < 1.29 is 14.3 Å². The maximum absolute atomic E-state index is 13.1. The maximum Gasteiger partial charge on any atom is 0.339 e. The van der Waals surface area contributed by atoms with Gasteiger partial charge in [-0.25, -0.2) is 14.2 Å². The third-order valence-corrected chi connectivity index (χ3v) is 3.07. The van der Waals surface area contributed by atoms with Crippen LogP contribution in [0.3, 0.4) is 0 Å². The number of hydrogen-bond donors (Lipinski definition) is 2. The topological polar surface area (TPSA) is 62.2 Å². The van der Waals surface area contributed by atoms with Gasteiger partial charge in [-0.2, -0.15) is 0 Å². The zero-order valence-corrected chi connectivity index (χ0v) is 11.3. The fourth-order valence-electron chi connectivity index (χ4n) is 2.02. The van der Waals surface area contributed by atoms with Crippen molar-refractivity contribution >= 4 is 17.5 Å². The fraction of sp³-hybridized carbons (Fsp3) is 0.200. The van der Waals surface area contributed by atoms with Crippen molar-refractivity contribution in [2.75, 3.05) is 5.32 Å². The van der Waals surface area contributed by atoms with Crippen molar-refractivity contribution in [1.82, 2.24) is 4.98 Å². The predicted molar refractivity (Wildman–Crippen MR) is 75.0 cm³/mol. The summed E-state index contributed by atoms with van der Waals surface area (Å²) < 4.78 is 13.1. The molecule has 0 aliphatic heterocycles. The number of halogens is 1. The summed E-state index contributed by atoms with van der Waals surface area (Å²) in [7, 11) is 0. The lowest BCUT2D eigenvalue weighted by molar-refractivity contribution is 0.0697. The number of aryl methyl sites for hydroxylation is 2. The van der Waals surface area contributed by atoms with E-state index in [1.165, 1.54) is 0 Å². The summed E-state index contributed by atoms with van der Waals surface area (Å²) in [5.74, 6) is -1.75. The van der Waals surface area contributed by atoms with Gasteiger partial charge in [0, 0.05) is 5.69 Å². The molecule has 0 fully saturated rings. The number of pyridine rings is 1. The monoisotopic (exact) mass is 274 g/mol. The minimum Gasteiger partial charge on any atom is -0.478 e. The number of nitrogens with zero attached hydrogens (tertiary/aromatic N) is 1. The largest absolute Gasteiger partial charge is 0.478 e. The SMILES string of the molecule is CCc1cccc(C)c1Nc1ncc(F)cc1C(=O)O. The van der Waals surface area contributed by atoms with E-state index in [1.807, 2.05) is 32.0 Å². The first kappa shape index (κ1) is 14.0. The molecular formula is C15H15FN2O2. The van der Waals surface area contributed by atoms with Crippen LogP contribution in [0.1, 0.15) is 28.4 Å². The van der Waals surface area contributed by atoms with Crippen molar-refractivity contribution in [3.63, 3.8) is 0 Å². The molecule has 1 aromatic carbocycles. The summed E-state index contributed by atoms with van der Waals surface area (Å²) in [6.07, 6.45) is 1.80. The second-order valence-electron chi connectivity index (χ2n) is 4.44. The van der Waals surface area contributed by atoms with Gasteiger partial charge in [-0.1, -0.05) is 25.1 Å². The molecule has 2 rings (SSSR count). The Labute approximate surface area is 116 Å². The van der Waals surface area contributed by atoms with Gasteiger partial charge in [0.25, 0.3) is 0 Å². The van der Waals surface area contributed by atoms with Gasteiger partial charge >= 0.3 is 5.97 Å². The Morgan fingerprint density at radius 2 is 2.20 bits per heavy atom. The second kappa shape index (κ2) is 5.69. The van der Waals surface area contributed by atoms with Crippen molar-refractivity contribution in [2.45, 2.75) is 20.3 Å². The van der Waals surface area contributed by atoms with Crippen LogP contribution in [0.25, 0.3) is 0 Å². The zero-order valence-electron chi connectivity index (χ0n) is 11.3. The Kier molecular flexibility index (Phi) is 3.98. The Morgan fingerprint density at radius 3 is 2.85 bits per heavy atom. The van der Waals surface area contributed by atoms with Crippen molar-refractivity contribution in [3.8, 4) is 0 Å². The van der Waals surface area contributed by atoms with E-state index in [9.17, 15) is 9.18 Å². The molecule has 2 N–H and O–H groups in total. The second-order valence-corrected chi connectivity index (χ2v) is 4.44. The van der Waals surface area contributed by atoms with Gasteiger partial charge in [-0.3, -0.25) is 0 Å². The molecule has 0 aliphatic carbocycles. The van der Waals surface area contributed by atoms with Crippen LogP contribution in [0.2, 0.25) is 0 Å². The van der Waals surface area contributed by atoms with Crippen LogP contribution in [-0.4, -0.2) is 16.1 Å². The number of aromatic carboxylic acids is 1. The molecule has 0 saturated heterocycles. The van der Waals surface area contributed by atoms with E-state index >= 15 is 0 Å². The minimum atomic E-state index is -1.22. The summed E-state index contributed by atoms with van der Waals surface area (Å²) >= 11 is 0. The number of para-hydroxylation sites is 1. The van der Waals surface area contributed by atoms with Gasteiger partial charge in [0.15, 0.2) is 0 Å². The Morgan fingerprint density at radius 1 is 1.45 bits per heavy atom. The highest BCUT2D eigenvalue weighted by atomic mass is 19.1. The molecule has 2 aromatic rings. The number of hydrogen-bond acceptors (Lipinski definition) is 3. The molecule has 0 aliphatic rings. The van der Waals surface area contributed by atoms with E-state index < -0.39 is 11.8 Å². The molecular weight excluding hydrogens is 259 g/mol. The van der Waals surface area contributed by atoms with Gasteiger partial charge < -0.3 is 10.4 Å². The van der Waals surface area contributed by atoms with Crippen LogP contribution in [0.5, 0.6) is 0 Å². The van der Waals surface area contributed by atoms with Gasteiger partial charge in [-0.05, 0) is 30.5 Å². The zero-order chi connectivity index (χ0) is 14.7. The summed E-state index contributed by atoms with van der Waals surface area (Å²) in [6.45, 7) is 3.93. The third kappa shape index (κ3) is 2.77. The molecule has 5 heteroatoms. The van der Waals surface area contributed by atoms with Gasteiger partial charge in [-0.15, -0.1) is 0 Å². The molecule has 20 heavy (non-hydrogen) atoms. The predicted octanol–water partition coefficient (Wildman–Crippen LogP) is 3.53. The van der Waals surface area contributed by atoms with Crippen molar-refractivity contribution in [2.24, 2.45) is 0 Å². The molecule has 0 spiro atoms. The van der Waals surface area contributed by atoms with Crippen LogP contribution in [-0.2, 0) is 6.42 Å². The number of carboxylic acid groups (broad SMARTS) is 1. The Hall–Kier alpha value is -2.43. The van der Waals surface area contributed by atoms with E-state index in [0.29, 0.717) is 0 Å². The number of rotatable bonds is 4. The summed E-state index contributed by atoms with van der Waals surface area (Å²) in [4.78, 5) is 15.0. The average Bonchev–Trinajstić information content (AvgIpc) is 2.42. The molecule has 104 valence electrons. The molecule has 0 atom stereocenters. The average molecular weight is 274 g/mol. The van der Waals surface area contributed by atoms with E-state index in [4.69, 9.17) is 5.11 Å². The molecule has 0 radical (unpaired) electrons. The Balaban J connectivity index is 2.48. The first-order chi connectivity index (χ1) is 9.52. The van der Waals surface area contributed by atoms with E-state index in [2.05, 4.69) is 10.3 Å². The van der Waals surface area contributed by atoms with Gasteiger partial charge in [0.2, 0.25) is 0 Å². The highest BCUT2D eigenvalue weighted by molar-refractivity contribution is 5.94. The highest BCUT2D eigenvalue weighted by Crippen LogP contribution is 2.26. The van der Waals surface area contributed by atoms with E-state index in [-0.39, 0.29) is 11.4 Å². The van der Waals surface area contributed by atoms with Crippen molar-refractivity contribution in [1.29, 1.82) is 0 Å². The lowest BCUT2D eigenvalue weighted by Gasteiger charge is -2.14. The summed E-state index contributed by atoms with van der Waals surface area (Å²) in [5, 5.41) is 12.1. The molecule has 0 amide bonds. The lowest BCUT2D eigenvalue weighted by Crippen LogP contribution is -2.07. The van der Waals surface area contributed by atoms with E-state index in [1.54, 1.807) is 0 Å². The van der Waals surface area contributed by atoms with Crippen LogP contribution in [0, 0.1) is 12.7 Å². The summed E-state index contributed by atoms with van der Waals surface area (Å²) in [5.41, 5.74) is 2.66. The number of nitrogens with one attached hydrogen (secondary N) is 1. The van der Waals surface area contributed by atoms with Crippen LogP contribution >= 0.6 is 0 Å². The quantitative estimate of drug-likeness (QED) is 0.895. The first-order valence-corrected chi connectivity index (χ1v) is 6.27. The molecule has 1 aromatic heterocycles. The number of benzene rings is 1.